The summed E-state index contributed by atoms with van der Waals surface area (Å²) in [5.41, 5.74) is 0. The van der Waals surface area contributed by atoms with Gasteiger partial charge in [0.25, 0.3) is 0 Å². The van der Waals surface area contributed by atoms with Gasteiger partial charge in [0.05, 0.1) is 6.17 Å². The van der Waals surface area contributed by atoms with Gasteiger partial charge in [-0.25, -0.2) is 0 Å². The van der Waals surface area contributed by atoms with Gasteiger partial charge in [-0.2, -0.15) is 0 Å². The fourth-order valence-electron chi connectivity index (χ4n) is 0.881. The van der Waals surface area contributed by atoms with Gasteiger partial charge in [0.15, 0.2) is 0 Å². The Hall–Kier alpha value is -0.0800. The van der Waals surface area contributed by atoms with Crippen LogP contribution in [0.25, 0.3) is 0 Å². The smallest absolute Gasteiger partial charge is 0.0604 e. The molecular formula is C5H12N2. The molecule has 1 aliphatic rings. The molecule has 1 atom stereocenters. The molecule has 0 aliphatic carbocycles. The van der Waals surface area contributed by atoms with Crippen LogP contribution in [0.5, 0.6) is 0 Å². The molecule has 0 aromatic rings. The van der Waals surface area contributed by atoms with Gasteiger partial charge >= 0.3 is 0 Å². The van der Waals surface area contributed by atoms with Gasteiger partial charge in [-0.15, -0.1) is 0 Å². The molecule has 1 rings (SSSR count). The van der Waals surface area contributed by atoms with E-state index in [0.717, 1.165) is 0 Å². The van der Waals surface area contributed by atoms with E-state index in [1.165, 1.54) is 13.0 Å². The van der Waals surface area contributed by atoms with E-state index in [4.69, 9.17) is 0 Å². The van der Waals surface area contributed by atoms with Crippen molar-refractivity contribution in [2.45, 2.75) is 12.6 Å². The topological polar surface area (TPSA) is 15.3 Å². The van der Waals surface area contributed by atoms with Crippen LogP contribution in [0, 0.1) is 0 Å². The summed E-state index contributed by atoms with van der Waals surface area (Å²) in [5, 5.41) is 3.18. The third-order valence-corrected chi connectivity index (χ3v) is 1.62. The molecular weight excluding hydrogens is 88.1 g/mol. The van der Waals surface area contributed by atoms with Crippen LogP contribution in [0.4, 0.5) is 0 Å². The Balaban J connectivity index is 2.16. The Kier molecular flexibility index (Phi) is 1.30. The van der Waals surface area contributed by atoms with Gasteiger partial charge in [-0.05, 0) is 20.5 Å². The first-order chi connectivity index (χ1) is 3.34. The van der Waals surface area contributed by atoms with Crippen molar-refractivity contribution >= 4 is 0 Å². The lowest BCUT2D eigenvalue weighted by Crippen LogP contribution is -2.52. The Bertz CT molecular complexity index is 61.1. The third-order valence-electron chi connectivity index (χ3n) is 1.62. The van der Waals surface area contributed by atoms with Gasteiger partial charge in [0.2, 0.25) is 0 Å². The summed E-state index contributed by atoms with van der Waals surface area (Å²) >= 11 is 0. The molecule has 1 saturated heterocycles. The predicted octanol–water partition coefficient (Wildman–Crippen LogP) is -0.133. The van der Waals surface area contributed by atoms with Crippen LogP contribution in [0.3, 0.4) is 0 Å². The summed E-state index contributed by atoms with van der Waals surface area (Å²) in [6, 6.07) is 0. The van der Waals surface area contributed by atoms with Crippen molar-refractivity contribution in [3.05, 3.63) is 0 Å². The van der Waals surface area contributed by atoms with E-state index in [1.54, 1.807) is 0 Å². The number of hydrogen-bond donors (Lipinski definition) is 1. The van der Waals surface area contributed by atoms with Crippen LogP contribution in [0.1, 0.15) is 6.42 Å². The Morgan fingerprint density at radius 1 is 1.71 bits per heavy atom. The minimum atomic E-state index is 0.667. The maximum absolute atomic E-state index is 3.18. The molecule has 2 nitrogen and oxygen atoms in total. The zero-order valence-electron chi connectivity index (χ0n) is 4.94. The molecule has 1 N–H and O–H groups in total. The Labute approximate surface area is 44.5 Å². The van der Waals surface area contributed by atoms with Crippen molar-refractivity contribution in [3.63, 3.8) is 0 Å². The molecule has 0 amide bonds. The molecule has 1 heterocycles. The maximum Gasteiger partial charge on any atom is 0.0604 e. The van der Waals surface area contributed by atoms with E-state index in [1.807, 2.05) is 7.05 Å². The summed E-state index contributed by atoms with van der Waals surface area (Å²) < 4.78 is 0. The molecule has 1 unspecified atom stereocenters. The predicted molar refractivity (Wildman–Crippen MR) is 30.1 cm³/mol. The van der Waals surface area contributed by atoms with E-state index < -0.39 is 0 Å². The second-order valence-electron chi connectivity index (χ2n) is 2.07. The van der Waals surface area contributed by atoms with Gasteiger partial charge in [0.1, 0.15) is 0 Å². The summed E-state index contributed by atoms with van der Waals surface area (Å²) in [6.45, 7) is 1.26. The fraction of sp³-hybridized carbons (Fsp3) is 1.00. The molecule has 42 valence electrons. The first kappa shape index (κ1) is 5.06. The highest BCUT2D eigenvalue weighted by Gasteiger charge is 2.20. The number of nitrogens with one attached hydrogen (secondary N) is 1. The van der Waals surface area contributed by atoms with Crippen LogP contribution < -0.4 is 5.32 Å². The first-order valence-electron chi connectivity index (χ1n) is 2.72. The minimum absolute atomic E-state index is 0.667. The van der Waals surface area contributed by atoms with Gasteiger partial charge in [-0.1, -0.05) is 0 Å². The second kappa shape index (κ2) is 1.80. The molecule has 0 bridgehead atoms. The van der Waals surface area contributed by atoms with Gasteiger partial charge in [-0.3, -0.25) is 4.90 Å². The molecule has 0 aromatic carbocycles. The minimum Gasteiger partial charge on any atom is -0.305 e. The molecule has 0 saturated carbocycles. The standard InChI is InChI=1S/C5H12N2/c1-6-5-3-4-7(5)2/h5-6H,3-4H2,1-2H3. The van der Waals surface area contributed by atoms with Crippen molar-refractivity contribution in [3.8, 4) is 0 Å². The largest absolute Gasteiger partial charge is 0.305 e. The summed E-state index contributed by atoms with van der Waals surface area (Å²) in [5.74, 6) is 0. The van der Waals surface area contributed by atoms with Crippen LogP contribution in [-0.4, -0.2) is 31.7 Å². The summed E-state index contributed by atoms with van der Waals surface area (Å²) in [7, 11) is 4.13. The van der Waals surface area contributed by atoms with E-state index in [9.17, 15) is 0 Å². The lowest BCUT2D eigenvalue weighted by molar-refractivity contribution is 0.104. The van der Waals surface area contributed by atoms with Gasteiger partial charge in [0, 0.05) is 6.54 Å². The first-order valence-corrected chi connectivity index (χ1v) is 2.72. The van der Waals surface area contributed by atoms with Crippen molar-refractivity contribution < 1.29 is 0 Å². The van der Waals surface area contributed by atoms with Crippen LogP contribution in [-0.2, 0) is 0 Å². The van der Waals surface area contributed by atoms with E-state index in [-0.39, 0.29) is 0 Å². The van der Waals surface area contributed by atoms with Crippen LogP contribution >= 0.6 is 0 Å². The van der Waals surface area contributed by atoms with Crippen LogP contribution in [0.2, 0.25) is 0 Å². The molecule has 7 heavy (non-hydrogen) atoms. The van der Waals surface area contributed by atoms with Gasteiger partial charge < -0.3 is 5.32 Å². The lowest BCUT2D eigenvalue weighted by atomic mass is 10.2. The quantitative estimate of drug-likeness (QED) is 0.493. The number of likely N-dealkylation sites (tertiary alicyclic amines) is 1. The zero-order valence-corrected chi connectivity index (χ0v) is 4.94. The van der Waals surface area contributed by atoms with Crippen molar-refractivity contribution in [1.29, 1.82) is 0 Å². The average Bonchev–Trinajstić information content (AvgIpc) is 1.65. The highest BCUT2D eigenvalue weighted by molar-refractivity contribution is 4.74. The highest BCUT2D eigenvalue weighted by atomic mass is 15.3. The molecule has 0 aromatic heterocycles. The second-order valence-corrected chi connectivity index (χ2v) is 2.07. The summed E-state index contributed by atoms with van der Waals surface area (Å²) in [6.07, 6.45) is 1.98. The fourth-order valence-corrected chi connectivity index (χ4v) is 0.881. The third kappa shape index (κ3) is 0.763. The number of rotatable bonds is 1. The molecule has 1 fully saturated rings. The summed E-state index contributed by atoms with van der Waals surface area (Å²) in [4.78, 5) is 2.29. The number of hydrogen-bond acceptors (Lipinski definition) is 2. The van der Waals surface area contributed by atoms with E-state index in [2.05, 4.69) is 17.3 Å². The highest BCUT2D eigenvalue weighted by Crippen LogP contribution is 2.08. The molecule has 0 spiro atoms. The molecule has 1 aliphatic heterocycles. The van der Waals surface area contributed by atoms with Crippen molar-refractivity contribution in [2.24, 2.45) is 0 Å². The Morgan fingerprint density at radius 3 is 2.43 bits per heavy atom. The van der Waals surface area contributed by atoms with Crippen molar-refractivity contribution in [1.82, 2.24) is 10.2 Å². The average molecular weight is 100 g/mol. The molecule has 0 radical (unpaired) electrons. The van der Waals surface area contributed by atoms with E-state index >= 15 is 0 Å². The van der Waals surface area contributed by atoms with E-state index in [0.29, 0.717) is 6.17 Å². The normalized spacial score (nSPS) is 32.6. The lowest BCUT2D eigenvalue weighted by Gasteiger charge is -2.37. The van der Waals surface area contributed by atoms with Crippen LogP contribution in [0.15, 0.2) is 0 Å². The monoisotopic (exact) mass is 100 g/mol. The maximum atomic E-state index is 3.18. The molecule has 2 heteroatoms. The SMILES string of the molecule is CNC1CCN1C. The Morgan fingerprint density at radius 2 is 2.43 bits per heavy atom. The number of nitrogens with zero attached hydrogens (tertiary/aromatic N) is 1. The zero-order chi connectivity index (χ0) is 5.28. The van der Waals surface area contributed by atoms with Crippen molar-refractivity contribution in [2.75, 3.05) is 20.6 Å².